The van der Waals surface area contributed by atoms with Crippen LogP contribution >= 0.6 is 0 Å². The van der Waals surface area contributed by atoms with Gasteiger partial charge in [0.25, 0.3) is 0 Å². The first-order valence-electron chi connectivity index (χ1n) is 10.3. The maximum atomic E-state index is 13.0. The quantitative estimate of drug-likeness (QED) is 0.550. The van der Waals surface area contributed by atoms with Gasteiger partial charge in [0.15, 0.2) is 17.3 Å². The summed E-state index contributed by atoms with van der Waals surface area (Å²) in [5.41, 5.74) is 4.04. The molecule has 1 aliphatic heterocycles. The van der Waals surface area contributed by atoms with E-state index in [4.69, 9.17) is 9.47 Å². The van der Waals surface area contributed by atoms with E-state index in [-0.39, 0.29) is 11.6 Å². The molecule has 6 nitrogen and oxygen atoms in total. The second-order valence-electron chi connectivity index (χ2n) is 7.78. The summed E-state index contributed by atoms with van der Waals surface area (Å²) < 4.78 is 12.5. The number of benzene rings is 2. The van der Waals surface area contributed by atoms with E-state index in [1.54, 1.807) is 50.2 Å². The van der Waals surface area contributed by atoms with Crippen LogP contribution in [-0.2, 0) is 20.0 Å². The lowest BCUT2D eigenvalue weighted by atomic mass is 9.98. The van der Waals surface area contributed by atoms with Crippen molar-refractivity contribution in [1.82, 2.24) is 9.47 Å². The van der Waals surface area contributed by atoms with Gasteiger partial charge in [-0.3, -0.25) is 14.5 Å². The van der Waals surface area contributed by atoms with E-state index in [1.807, 2.05) is 30.3 Å². The lowest BCUT2D eigenvalue weighted by Gasteiger charge is -2.28. The summed E-state index contributed by atoms with van der Waals surface area (Å²) in [6, 6.07) is 14.8. The molecule has 160 valence electrons. The number of carbonyl (C=O) groups is 2. The number of hydrogen-bond acceptors (Lipinski definition) is 5. The molecule has 0 aliphatic carbocycles. The Morgan fingerprint density at radius 2 is 1.61 bits per heavy atom. The lowest BCUT2D eigenvalue weighted by Crippen LogP contribution is -2.34. The number of methoxy groups -OCH3 is 2. The molecular weight excluding hydrogens is 392 g/mol. The van der Waals surface area contributed by atoms with Gasteiger partial charge in [0, 0.05) is 37.5 Å². The van der Waals surface area contributed by atoms with Crippen LogP contribution < -0.4 is 9.47 Å². The fourth-order valence-corrected chi connectivity index (χ4v) is 4.05. The van der Waals surface area contributed by atoms with E-state index < -0.39 is 0 Å². The van der Waals surface area contributed by atoms with E-state index >= 15 is 0 Å². The van der Waals surface area contributed by atoms with Crippen LogP contribution in [0.1, 0.15) is 37.5 Å². The minimum absolute atomic E-state index is 0.00615. The second kappa shape index (κ2) is 8.78. The Balaban J connectivity index is 1.48. The third-order valence-corrected chi connectivity index (χ3v) is 5.76. The van der Waals surface area contributed by atoms with Crippen LogP contribution in [0.2, 0.25) is 0 Å². The zero-order valence-corrected chi connectivity index (χ0v) is 18.1. The van der Waals surface area contributed by atoms with Gasteiger partial charge in [-0.1, -0.05) is 30.3 Å². The largest absolute Gasteiger partial charge is 0.493 e. The molecule has 0 radical (unpaired) electrons. The fraction of sp³-hybridized carbons (Fsp3) is 0.280. The Morgan fingerprint density at radius 3 is 2.29 bits per heavy atom. The van der Waals surface area contributed by atoms with Gasteiger partial charge in [0.05, 0.1) is 26.5 Å². The second-order valence-corrected chi connectivity index (χ2v) is 7.78. The van der Waals surface area contributed by atoms with Gasteiger partial charge in [-0.25, -0.2) is 0 Å². The molecule has 31 heavy (non-hydrogen) atoms. The highest BCUT2D eigenvalue weighted by molar-refractivity contribution is 6.09. The number of aryl methyl sites for hydroxylation is 1. The number of aromatic nitrogens is 1. The number of rotatable bonds is 7. The molecule has 0 fully saturated rings. The van der Waals surface area contributed by atoms with Crippen molar-refractivity contribution in [2.45, 2.75) is 13.0 Å². The molecule has 4 rings (SSSR count). The fourth-order valence-electron chi connectivity index (χ4n) is 4.05. The highest BCUT2D eigenvalue weighted by Gasteiger charge is 2.23. The SMILES string of the molecule is COc1cc2c(cc1OC)CN(CC(=O)c1cc(C(=O)c3ccccc3)n(C)c1)CC2. The highest BCUT2D eigenvalue weighted by atomic mass is 16.5. The van der Waals surface area contributed by atoms with Crippen LogP contribution in [0, 0.1) is 0 Å². The molecule has 0 amide bonds. The van der Waals surface area contributed by atoms with Crippen molar-refractivity contribution < 1.29 is 19.1 Å². The number of Topliss-reactive ketones (excluding diaryl/α,β-unsaturated/α-hetero) is 1. The standard InChI is InChI=1S/C25H26N2O4/c1-26-14-20(11-21(26)25(29)17-7-5-4-6-8-17)22(28)16-27-10-9-18-12-23(30-2)24(31-3)13-19(18)15-27/h4-8,11-14H,9-10,15-16H2,1-3H3. The normalized spacial score (nSPS) is 13.5. The molecule has 6 heteroatoms. The van der Waals surface area contributed by atoms with Gasteiger partial charge in [0.2, 0.25) is 5.78 Å². The summed E-state index contributed by atoms with van der Waals surface area (Å²) in [4.78, 5) is 27.9. The first-order valence-corrected chi connectivity index (χ1v) is 10.3. The van der Waals surface area contributed by atoms with E-state index in [0.717, 1.165) is 24.3 Å². The molecule has 3 aromatic rings. The summed E-state index contributed by atoms with van der Waals surface area (Å²) in [6.07, 6.45) is 2.58. The predicted molar refractivity (Wildman–Crippen MR) is 118 cm³/mol. The average molecular weight is 418 g/mol. The molecule has 0 saturated heterocycles. The molecule has 0 N–H and O–H groups in total. The monoisotopic (exact) mass is 418 g/mol. The number of ketones is 2. The summed E-state index contributed by atoms with van der Waals surface area (Å²) in [5.74, 6) is 1.34. The summed E-state index contributed by atoms with van der Waals surface area (Å²) in [6.45, 7) is 1.76. The minimum atomic E-state index is -0.0879. The third kappa shape index (κ3) is 4.25. The van der Waals surface area contributed by atoms with Gasteiger partial charge < -0.3 is 14.0 Å². The smallest absolute Gasteiger partial charge is 0.209 e. The molecule has 1 aliphatic rings. The molecule has 2 aromatic carbocycles. The van der Waals surface area contributed by atoms with Crippen molar-refractivity contribution in [3.05, 3.63) is 82.7 Å². The molecule has 0 bridgehead atoms. The third-order valence-electron chi connectivity index (χ3n) is 5.76. The highest BCUT2D eigenvalue weighted by Crippen LogP contribution is 2.33. The van der Waals surface area contributed by atoms with Crippen LogP contribution in [-0.4, -0.2) is 48.3 Å². The Kier molecular flexibility index (Phi) is 5.91. The van der Waals surface area contributed by atoms with Gasteiger partial charge in [0.1, 0.15) is 0 Å². The maximum Gasteiger partial charge on any atom is 0.209 e. The van der Waals surface area contributed by atoms with Crippen molar-refractivity contribution in [1.29, 1.82) is 0 Å². The van der Waals surface area contributed by atoms with Crippen LogP contribution in [0.5, 0.6) is 11.5 Å². The zero-order chi connectivity index (χ0) is 22.0. The van der Waals surface area contributed by atoms with Crippen molar-refractivity contribution in [2.75, 3.05) is 27.3 Å². The van der Waals surface area contributed by atoms with Crippen molar-refractivity contribution in [2.24, 2.45) is 7.05 Å². The lowest BCUT2D eigenvalue weighted by molar-refractivity contribution is 0.0921. The van der Waals surface area contributed by atoms with Crippen LogP contribution in [0.3, 0.4) is 0 Å². The minimum Gasteiger partial charge on any atom is -0.493 e. The molecule has 0 spiro atoms. The Hall–Kier alpha value is -3.38. The summed E-state index contributed by atoms with van der Waals surface area (Å²) >= 11 is 0. The van der Waals surface area contributed by atoms with E-state index in [2.05, 4.69) is 4.90 Å². The molecule has 1 aromatic heterocycles. The van der Waals surface area contributed by atoms with Crippen molar-refractivity contribution >= 4 is 11.6 Å². The Labute approximate surface area is 182 Å². The molecule has 2 heterocycles. The number of ether oxygens (including phenoxy) is 2. The van der Waals surface area contributed by atoms with Crippen molar-refractivity contribution in [3.63, 3.8) is 0 Å². The molecule has 0 saturated carbocycles. The first kappa shape index (κ1) is 20.9. The number of hydrogen-bond donors (Lipinski definition) is 0. The van der Waals surface area contributed by atoms with Crippen LogP contribution in [0.25, 0.3) is 0 Å². The van der Waals surface area contributed by atoms with Gasteiger partial charge in [-0.05, 0) is 35.7 Å². The maximum absolute atomic E-state index is 13.0. The van der Waals surface area contributed by atoms with E-state index in [0.29, 0.717) is 35.7 Å². The first-order chi connectivity index (χ1) is 15.0. The van der Waals surface area contributed by atoms with E-state index in [1.165, 1.54) is 5.56 Å². The van der Waals surface area contributed by atoms with Crippen molar-refractivity contribution in [3.8, 4) is 11.5 Å². The van der Waals surface area contributed by atoms with Gasteiger partial charge in [-0.2, -0.15) is 0 Å². The van der Waals surface area contributed by atoms with Gasteiger partial charge >= 0.3 is 0 Å². The zero-order valence-electron chi connectivity index (χ0n) is 18.1. The summed E-state index contributed by atoms with van der Waals surface area (Å²) in [5, 5.41) is 0. The topological polar surface area (TPSA) is 60.8 Å². The summed E-state index contributed by atoms with van der Waals surface area (Å²) in [7, 11) is 5.05. The number of nitrogens with zero attached hydrogens (tertiary/aromatic N) is 2. The van der Waals surface area contributed by atoms with Gasteiger partial charge in [-0.15, -0.1) is 0 Å². The molecule has 0 unspecified atom stereocenters. The number of fused-ring (bicyclic) bond motifs is 1. The Bertz CT molecular complexity index is 1120. The van der Waals surface area contributed by atoms with Crippen LogP contribution in [0.4, 0.5) is 0 Å². The number of carbonyl (C=O) groups excluding carboxylic acids is 2. The molecular formula is C25H26N2O4. The van der Waals surface area contributed by atoms with E-state index in [9.17, 15) is 9.59 Å². The Morgan fingerprint density at radius 1 is 0.935 bits per heavy atom. The molecule has 0 atom stereocenters. The van der Waals surface area contributed by atoms with Crippen LogP contribution in [0.15, 0.2) is 54.7 Å². The average Bonchev–Trinajstić information content (AvgIpc) is 3.19. The predicted octanol–water partition coefficient (Wildman–Crippen LogP) is 3.51.